The quantitative estimate of drug-likeness (QED) is 0.455. The van der Waals surface area contributed by atoms with Crippen LogP contribution in [-0.4, -0.2) is 22.3 Å². The van der Waals surface area contributed by atoms with Gasteiger partial charge in [0.2, 0.25) is 0 Å². The van der Waals surface area contributed by atoms with E-state index in [1.54, 1.807) is 6.07 Å². The van der Waals surface area contributed by atoms with Crippen molar-refractivity contribution in [1.82, 2.24) is 10.6 Å². The first-order valence-corrected chi connectivity index (χ1v) is 11.0. The fourth-order valence-corrected chi connectivity index (χ4v) is 5.19. The lowest BCUT2D eigenvalue weighted by molar-refractivity contribution is 0.415. The summed E-state index contributed by atoms with van der Waals surface area (Å²) in [5.41, 5.74) is 1.82. The van der Waals surface area contributed by atoms with Crippen molar-refractivity contribution in [2.75, 3.05) is 0 Å². The van der Waals surface area contributed by atoms with E-state index in [0.29, 0.717) is 48.5 Å². The second-order valence-electron chi connectivity index (χ2n) is 9.02. The second-order valence-corrected chi connectivity index (χ2v) is 9.02. The highest BCUT2D eigenvalue weighted by molar-refractivity contribution is 5.93. The average molecular weight is 455 g/mol. The Hall–Kier alpha value is -1.20. The van der Waals surface area contributed by atoms with E-state index in [0.717, 1.165) is 21.9 Å². The van der Waals surface area contributed by atoms with Crippen LogP contribution in [0.1, 0.15) is 63.5 Å². The van der Waals surface area contributed by atoms with Gasteiger partial charge in [-0.15, -0.1) is 24.8 Å². The Labute approximate surface area is 192 Å². The third kappa shape index (κ3) is 5.16. The number of benzene rings is 2. The Bertz CT molecular complexity index is 846. The normalized spacial score (nSPS) is 25.8. The van der Waals surface area contributed by atoms with Gasteiger partial charge in [-0.05, 0) is 55.0 Å². The monoisotopic (exact) mass is 454 g/mol. The van der Waals surface area contributed by atoms with Gasteiger partial charge in [-0.3, -0.25) is 0 Å². The summed E-state index contributed by atoms with van der Waals surface area (Å²) in [6, 6.07) is 8.67. The molecular formula is C24H36Cl2N2O2. The number of phenols is 2. The van der Waals surface area contributed by atoms with Gasteiger partial charge in [0.15, 0.2) is 0 Å². The Balaban J connectivity index is 0.00000160. The molecule has 0 amide bonds. The molecule has 2 aromatic rings. The number of nitrogens with one attached hydrogen (secondary N) is 2. The van der Waals surface area contributed by atoms with Crippen molar-refractivity contribution in [2.24, 2.45) is 11.8 Å². The first-order chi connectivity index (χ1) is 13.5. The van der Waals surface area contributed by atoms with Gasteiger partial charge in [-0.1, -0.05) is 38.8 Å². The Morgan fingerprint density at radius 1 is 0.767 bits per heavy atom. The van der Waals surface area contributed by atoms with Crippen LogP contribution in [0.15, 0.2) is 24.3 Å². The predicted molar refractivity (Wildman–Crippen MR) is 129 cm³/mol. The molecule has 4 atom stereocenters. The third-order valence-electron chi connectivity index (χ3n) is 7.16. The van der Waals surface area contributed by atoms with Crippen LogP contribution in [0.4, 0.5) is 0 Å². The molecule has 168 valence electrons. The van der Waals surface area contributed by atoms with Gasteiger partial charge in [-0.2, -0.15) is 0 Å². The van der Waals surface area contributed by atoms with Crippen molar-refractivity contribution >= 4 is 35.6 Å². The molecule has 30 heavy (non-hydrogen) atoms. The summed E-state index contributed by atoms with van der Waals surface area (Å²) in [4.78, 5) is 0. The summed E-state index contributed by atoms with van der Waals surface area (Å²) in [5.74, 6) is 2.03. The van der Waals surface area contributed by atoms with Crippen molar-refractivity contribution in [3.05, 3.63) is 35.4 Å². The molecule has 2 aromatic carbocycles. The molecule has 0 radical (unpaired) electrons. The Morgan fingerprint density at radius 2 is 1.33 bits per heavy atom. The predicted octanol–water partition coefficient (Wildman–Crippen LogP) is 5.65. The molecule has 2 saturated carbocycles. The average Bonchev–Trinajstić information content (AvgIpc) is 3.28. The van der Waals surface area contributed by atoms with E-state index in [1.807, 2.05) is 12.1 Å². The molecule has 2 fully saturated rings. The zero-order chi connectivity index (χ0) is 19.7. The number of fused-ring (bicyclic) bond motifs is 1. The summed E-state index contributed by atoms with van der Waals surface area (Å²) in [6.07, 6.45) is 7.55. The van der Waals surface area contributed by atoms with Crippen LogP contribution in [0, 0.1) is 11.8 Å². The highest BCUT2D eigenvalue weighted by Gasteiger charge is 2.24. The number of phenolic OH excluding ortho intramolecular Hbond substituents is 2. The van der Waals surface area contributed by atoms with Gasteiger partial charge in [0, 0.05) is 41.7 Å². The number of hydrogen-bond acceptors (Lipinski definition) is 4. The van der Waals surface area contributed by atoms with Gasteiger partial charge < -0.3 is 20.8 Å². The molecule has 0 spiro atoms. The zero-order valence-corrected chi connectivity index (χ0v) is 19.6. The number of halogens is 2. The van der Waals surface area contributed by atoms with E-state index < -0.39 is 0 Å². The van der Waals surface area contributed by atoms with Gasteiger partial charge in [0.05, 0.1) is 0 Å². The molecule has 4 unspecified atom stereocenters. The molecule has 0 saturated heterocycles. The van der Waals surface area contributed by atoms with Crippen LogP contribution < -0.4 is 10.6 Å². The van der Waals surface area contributed by atoms with Crippen molar-refractivity contribution < 1.29 is 10.2 Å². The molecule has 4 nitrogen and oxygen atoms in total. The van der Waals surface area contributed by atoms with E-state index in [4.69, 9.17) is 0 Å². The summed E-state index contributed by atoms with van der Waals surface area (Å²) >= 11 is 0. The van der Waals surface area contributed by atoms with Gasteiger partial charge in [-0.25, -0.2) is 0 Å². The van der Waals surface area contributed by atoms with Crippen LogP contribution in [0.3, 0.4) is 0 Å². The first-order valence-electron chi connectivity index (χ1n) is 11.0. The van der Waals surface area contributed by atoms with Crippen molar-refractivity contribution in [3.8, 4) is 11.5 Å². The van der Waals surface area contributed by atoms with E-state index in [-0.39, 0.29) is 24.8 Å². The largest absolute Gasteiger partial charge is 0.508 e. The minimum atomic E-state index is 0. The minimum absolute atomic E-state index is 0. The van der Waals surface area contributed by atoms with E-state index in [2.05, 4.69) is 30.5 Å². The first kappa shape index (κ1) is 25.1. The van der Waals surface area contributed by atoms with Crippen LogP contribution in [0.5, 0.6) is 11.5 Å². The third-order valence-corrected chi connectivity index (χ3v) is 7.16. The maximum atomic E-state index is 10.9. The lowest BCUT2D eigenvalue weighted by Crippen LogP contribution is -2.30. The lowest BCUT2D eigenvalue weighted by Gasteiger charge is -2.20. The zero-order valence-electron chi connectivity index (χ0n) is 18.0. The molecule has 4 rings (SSSR count). The molecule has 0 aliphatic heterocycles. The molecule has 2 aliphatic carbocycles. The maximum Gasteiger partial charge on any atom is 0.127 e. The topological polar surface area (TPSA) is 64.5 Å². The van der Waals surface area contributed by atoms with Crippen LogP contribution in [0.25, 0.3) is 10.8 Å². The number of hydrogen-bond donors (Lipinski definition) is 4. The lowest BCUT2D eigenvalue weighted by atomic mass is 9.98. The molecule has 2 aliphatic rings. The summed E-state index contributed by atoms with van der Waals surface area (Å²) in [7, 11) is 0. The molecule has 4 N–H and O–H groups in total. The molecule has 0 bridgehead atoms. The second kappa shape index (κ2) is 10.9. The summed E-state index contributed by atoms with van der Waals surface area (Å²) < 4.78 is 0. The molecular weight excluding hydrogens is 419 g/mol. The fourth-order valence-electron chi connectivity index (χ4n) is 5.19. The van der Waals surface area contributed by atoms with Gasteiger partial charge in [0.1, 0.15) is 11.5 Å². The highest BCUT2D eigenvalue weighted by Crippen LogP contribution is 2.36. The van der Waals surface area contributed by atoms with Gasteiger partial charge in [0.25, 0.3) is 0 Å². The van der Waals surface area contributed by atoms with E-state index in [9.17, 15) is 10.2 Å². The summed E-state index contributed by atoms with van der Waals surface area (Å²) in [6.45, 7) is 5.92. The van der Waals surface area contributed by atoms with Crippen molar-refractivity contribution in [3.63, 3.8) is 0 Å². The van der Waals surface area contributed by atoms with Crippen LogP contribution >= 0.6 is 24.8 Å². The Kier molecular flexibility index (Phi) is 9.11. The smallest absolute Gasteiger partial charge is 0.127 e. The maximum absolute atomic E-state index is 10.9. The van der Waals surface area contributed by atoms with E-state index >= 15 is 0 Å². The van der Waals surface area contributed by atoms with E-state index in [1.165, 1.54) is 38.5 Å². The molecule has 0 heterocycles. The molecule has 6 heteroatoms. The Morgan fingerprint density at radius 3 is 1.90 bits per heavy atom. The number of aromatic hydroxyl groups is 2. The van der Waals surface area contributed by atoms with Crippen LogP contribution in [0.2, 0.25) is 0 Å². The minimum Gasteiger partial charge on any atom is -0.508 e. The van der Waals surface area contributed by atoms with Crippen LogP contribution in [-0.2, 0) is 13.1 Å². The SMILES string of the molecule is CC1CCCC1NCc1ccc2c(CNC3CCCC3C)c(O)ccc2c1O.Cl.Cl. The van der Waals surface area contributed by atoms with Gasteiger partial charge >= 0.3 is 0 Å². The van der Waals surface area contributed by atoms with Crippen molar-refractivity contribution in [2.45, 2.75) is 77.5 Å². The molecule has 0 aromatic heterocycles. The van der Waals surface area contributed by atoms with Crippen molar-refractivity contribution in [1.29, 1.82) is 0 Å². The highest BCUT2D eigenvalue weighted by atomic mass is 35.5. The summed E-state index contributed by atoms with van der Waals surface area (Å²) in [5, 5.41) is 30.4. The fraction of sp³-hybridized carbons (Fsp3) is 0.583. The standard InChI is InChI=1S/C24H34N2O2.2ClH/c1-15-5-3-7-21(15)25-13-17-9-10-18-19(24(17)28)11-12-23(27)20(18)14-26-22-8-4-6-16(22)2;;/h9-12,15-16,21-22,25-28H,3-8,13-14H2,1-2H3;2*1H. The number of rotatable bonds is 6.